The van der Waals surface area contributed by atoms with Crippen molar-refractivity contribution < 1.29 is 18.0 Å². The maximum Gasteiger partial charge on any atom is 0.433 e. The van der Waals surface area contributed by atoms with Crippen LogP contribution in [-0.2, 0) is 6.18 Å². The van der Waals surface area contributed by atoms with E-state index in [-0.39, 0.29) is 5.56 Å². The van der Waals surface area contributed by atoms with Crippen molar-refractivity contribution in [2.75, 3.05) is 5.32 Å². The molecule has 0 unspecified atom stereocenters. The van der Waals surface area contributed by atoms with Gasteiger partial charge in [0.25, 0.3) is 5.91 Å². The number of pyridine rings is 1. The third kappa shape index (κ3) is 3.93. The lowest BCUT2D eigenvalue weighted by Crippen LogP contribution is -2.15. The summed E-state index contributed by atoms with van der Waals surface area (Å²) in [6, 6.07) is 7.24. The number of nitrogens with one attached hydrogen (secondary N) is 1. The van der Waals surface area contributed by atoms with Gasteiger partial charge in [0.2, 0.25) is 0 Å². The quantitative estimate of drug-likeness (QED) is 0.758. The molecular formula is C14H10F3IN2O. The molecule has 3 nitrogen and oxygen atoms in total. The van der Waals surface area contributed by atoms with E-state index in [4.69, 9.17) is 0 Å². The van der Waals surface area contributed by atoms with E-state index in [1.165, 1.54) is 6.07 Å². The first-order chi connectivity index (χ1) is 9.77. The Kier molecular flexibility index (Phi) is 4.50. The highest BCUT2D eigenvalue weighted by atomic mass is 127. The number of carbonyl (C=O) groups is 1. The van der Waals surface area contributed by atoms with Gasteiger partial charge < -0.3 is 5.32 Å². The molecule has 1 heterocycles. The first kappa shape index (κ1) is 15.7. The molecule has 1 N–H and O–H groups in total. The lowest BCUT2D eigenvalue weighted by atomic mass is 10.2. The summed E-state index contributed by atoms with van der Waals surface area (Å²) >= 11 is 2.12. The van der Waals surface area contributed by atoms with Crippen LogP contribution in [0.15, 0.2) is 36.5 Å². The number of hydrogen-bond acceptors (Lipinski definition) is 2. The largest absolute Gasteiger partial charge is 0.433 e. The molecule has 0 saturated heterocycles. The molecule has 1 aromatic heterocycles. The molecule has 2 rings (SSSR count). The van der Waals surface area contributed by atoms with Gasteiger partial charge in [0, 0.05) is 21.0 Å². The van der Waals surface area contributed by atoms with Gasteiger partial charge >= 0.3 is 6.18 Å². The normalized spacial score (nSPS) is 11.3. The summed E-state index contributed by atoms with van der Waals surface area (Å²) in [6.45, 7) is 1.92. The van der Waals surface area contributed by atoms with Crippen LogP contribution in [0.1, 0.15) is 21.6 Å². The maximum absolute atomic E-state index is 12.6. The van der Waals surface area contributed by atoms with E-state index in [1.807, 2.05) is 13.0 Å². The van der Waals surface area contributed by atoms with Crippen molar-refractivity contribution in [3.63, 3.8) is 0 Å². The van der Waals surface area contributed by atoms with Crippen LogP contribution in [-0.4, -0.2) is 10.9 Å². The van der Waals surface area contributed by atoms with Crippen molar-refractivity contribution >= 4 is 34.2 Å². The molecule has 1 amide bonds. The van der Waals surface area contributed by atoms with Gasteiger partial charge in [-0.3, -0.25) is 9.78 Å². The van der Waals surface area contributed by atoms with E-state index in [9.17, 15) is 18.0 Å². The lowest BCUT2D eigenvalue weighted by molar-refractivity contribution is -0.141. The summed E-state index contributed by atoms with van der Waals surface area (Å²) in [7, 11) is 0. The van der Waals surface area contributed by atoms with Crippen LogP contribution in [0.4, 0.5) is 18.9 Å². The van der Waals surface area contributed by atoms with E-state index < -0.39 is 17.8 Å². The molecule has 0 aliphatic carbocycles. The molecule has 0 spiro atoms. The van der Waals surface area contributed by atoms with Crippen LogP contribution in [0, 0.1) is 10.5 Å². The lowest BCUT2D eigenvalue weighted by Gasteiger charge is -2.09. The second-order valence-corrected chi connectivity index (χ2v) is 5.51. The van der Waals surface area contributed by atoms with Crippen molar-refractivity contribution in [1.82, 2.24) is 4.98 Å². The number of amides is 1. The van der Waals surface area contributed by atoms with Crippen molar-refractivity contribution in [2.45, 2.75) is 13.1 Å². The fourth-order valence-corrected chi connectivity index (χ4v) is 2.12. The maximum atomic E-state index is 12.6. The van der Waals surface area contributed by atoms with Gasteiger partial charge in [-0.2, -0.15) is 13.2 Å². The summed E-state index contributed by atoms with van der Waals surface area (Å²) < 4.78 is 38.6. The number of carbonyl (C=O) groups excluding carboxylic acids is 1. The molecule has 0 radical (unpaired) electrons. The number of nitrogens with zero attached hydrogens (tertiary/aromatic N) is 1. The smallest absolute Gasteiger partial charge is 0.322 e. The van der Waals surface area contributed by atoms with Gasteiger partial charge in [-0.25, -0.2) is 0 Å². The Hall–Kier alpha value is -1.64. The molecule has 21 heavy (non-hydrogen) atoms. The van der Waals surface area contributed by atoms with Crippen LogP contribution < -0.4 is 5.32 Å². The highest BCUT2D eigenvalue weighted by Crippen LogP contribution is 2.28. The molecule has 0 bridgehead atoms. The minimum Gasteiger partial charge on any atom is -0.322 e. The SMILES string of the molecule is Cc1ccc(NC(=O)c2ccnc(C(F)(F)F)c2)cc1I. The molecule has 0 atom stereocenters. The van der Waals surface area contributed by atoms with Gasteiger partial charge in [0.1, 0.15) is 5.69 Å². The average molecular weight is 406 g/mol. The van der Waals surface area contributed by atoms with Gasteiger partial charge in [-0.05, 0) is 59.3 Å². The summed E-state index contributed by atoms with van der Waals surface area (Å²) in [5.41, 5.74) is 0.402. The molecule has 0 saturated carbocycles. The van der Waals surface area contributed by atoms with Gasteiger partial charge in [-0.15, -0.1) is 0 Å². The van der Waals surface area contributed by atoms with E-state index in [1.54, 1.807) is 12.1 Å². The Bertz CT molecular complexity index is 686. The number of anilines is 1. The van der Waals surface area contributed by atoms with Gasteiger partial charge in [0.15, 0.2) is 0 Å². The Morgan fingerprint density at radius 2 is 1.95 bits per heavy atom. The van der Waals surface area contributed by atoms with Gasteiger partial charge in [-0.1, -0.05) is 6.07 Å². The number of aromatic nitrogens is 1. The first-order valence-corrected chi connectivity index (χ1v) is 6.96. The number of halogens is 4. The Morgan fingerprint density at radius 3 is 2.57 bits per heavy atom. The van der Waals surface area contributed by atoms with E-state index in [2.05, 4.69) is 32.9 Å². The fourth-order valence-electron chi connectivity index (χ4n) is 1.60. The van der Waals surface area contributed by atoms with Crippen molar-refractivity contribution in [3.05, 3.63) is 56.9 Å². The van der Waals surface area contributed by atoms with Crippen molar-refractivity contribution in [1.29, 1.82) is 0 Å². The minimum absolute atomic E-state index is 0.0899. The summed E-state index contributed by atoms with van der Waals surface area (Å²) in [5, 5.41) is 2.57. The highest BCUT2D eigenvalue weighted by molar-refractivity contribution is 14.1. The average Bonchev–Trinajstić information content (AvgIpc) is 2.42. The van der Waals surface area contributed by atoms with Crippen molar-refractivity contribution in [3.8, 4) is 0 Å². The predicted octanol–water partition coefficient (Wildman–Crippen LogP) is 4.27. The van der Waals surface area contributed by atoms with E-state index in [0.29, 0.717) is 5.69 Å². The van der Waals surface area contributed by atoms with Crippen LogP contribution in [0.3, 0.4) is 0 Å². The number of rotatable bonds is 2. The summed E-state index contributed by atoms with van der Waals surface area (Å²) in [4.78, 5) is 15.2. The van der Waals surface area contributed by atoms with Gasteiger partial charge in [0.05, 0.1) is 0 Å². The van der Waals surface area contributed by atoms with Crippen LogP contribution in [0.5, 0.6) is 0 Å². The third-order valence-corrected chi connectivity index (χ3v) is 3.90. The molecule has 2 aromatic rings. The Labute approximate surface area is 132 Å². The number of aryl methyl sites for hydroxylation is 1. The molecule has 0 fully saturated rings. The highest BCUT2D eigenvalue weighted by Gasteiger charge is 2.32. The second-order valence-electron chi connectivity index (χ2n) is 4.35. The fraction of sp³-hybridized carbons (Fsp3) is 0.143. The van der Waals surface area contributed by atoms with Crippen LogP contribution in [0.2, 0.25) is 0 Å². The molecule has 1 aromatic carbocycles. The minimum atomic E-state index is -4.57. The van der Waals surface area contributed by atoms with E-state index in [0.717, 1.165) is 21.4 Å². The Morgan fingerprint density at radius 1 is 1.24 bits per heavy atom. The monoisotopic (exact) mass is 406 g/mol. The molecule has 0 aliphatic rings. The van der Waals surface area contributed by atoms with Crippen molar-refractivity contribution in [2.24, 2.45) is 0 Å². The van der Waals surface area contributed by atoms with E-state index >= 15 is 0 Å². The standard InChI is InChI=1S/C14H10F3IN2O/c1-8-2-3-10(7-11(8)18)20-13(21)9-4-5-19-12(6-9)14(15,16)17/h2-7H,1H3,(H,20,21). The molecular weight excluding hydrogens is 396 g/mol. The number of benzene rings is 1. The second kappa shape index (κ2) is 6.00. The zero-order valence-corrected chi connectivity index (χ0v) is 13.0. The molecule has 7 heteroatoms. The van der Waals surface area contributed by atoms with Crippen LogP contribution >= 0.6 is 22.6 Å². The predicted molar refractivity (Wildman–Crippen MR) is 81.1 cm³/mol. The zero-order chi connectivity index (χ0) is 15.6. The molecule has 0 aliphatic heterocycles. The number of alkyl halides is 3. The molecule has 110 valence electrons. The topological polar surface area (TPSA) is 42.0 Å². The Balaban J connectivity index is 2.22. The summed E-state index contributed by atoms with van der Waals surface area (Å²) in [5.74, 6) is -0.609. The number of hydrogen-bond donors (Lipinski definition) is 1. The third-order valence-electron chi connectivity index (χ3n) is 2.74. The summed E-state index contributed by atoms with van der Waals surface area (Å²) in [6.07, 6.45) is -3.60. The first-order valence-electron chi connectivity index (χ1n) is 5.88. The zero-order valence-electron chi connectivity index (χ0n) is 10.8. The van der Waals surface area contributed by atoms with Crippen LogP contribution in [0.25, 0.3) is 0 Å².